The standard InChI is InChI=1S/C21H26FN5O2/c1-16-17(14-23-27(16)19-7-3-2-6-18(19)22)21(29)26-12-10-24(11-13-26)15-20(28)25-8-4-5-9-25/h2-3,6-7,14H,4-5,8-13,15H2,1H3. The summed E-state index contributed by atoms with van der Waals surface area (Å²) >= 11 is 0. The van der Waals surface area contributed by atoms with Crippen molar-refractivity contribution in [1.82, 2.24) is 24.5 Å². The molecule has 2 aliphatic heterocycles. The van der Waals surface area contributed by atoms with Crippen molar-refractivity contribution in [2.75, 3.05) is 45.8 Å². The molecule has 0 bridgehead atoms. The van der Waals surface area contributed by atoms with Gasteiger partial charge >= 0.3 is 0 Å². The van der Waals surface area contributed by atoms with Crippen molar-refractivity contribution in [3.8, 4) is 5.69 Å². The summed E-state index contributed by atoms with van der Waals surface area (Å²) in [7, 11) is 0. The first kappa shape index (κ1) is 19.6. The second-order valence-electron chi connectivity index (χ2n) is 7.66. The van der Waals surface area contributed by atoms with Crippen LogP contribution in [0.15, 0.2) is 30.5 Å². The number of aromatic nitrogens is 2. The van der Waals surface area contributed by atoms with Gasteiger partial charge in [-0.3, -0.25) is 14.5 Å². The number of carbonyl (C=O) groups is 2. The lowest BCUT2D eigenvalue weighted by Crippen LogP contribution is -2.51. The van der Waals surface area contributed by atoms with E-state index in [9.17, 15) is 14.0 Å². The average molecular weight is 399 g/mol. The maximum atomic E-state index is 14.1. The number of nitrogens with zero attached hydrogens (tertiary/aromatic N) is 5. The van der Waals surface area contributed by atoms with Gasteiger partial charge in [0.1, 0.15) is 11.5 Å². The Morgan fingerprint density at radius 2 is 1.69 bits per heavy atom. The number of para-hydroxylation sites is 1. The number of likely N-dealkylation sites (tertiary alicyclic amines) is 1. The Bertz CT molecular complexity index is 898. The Morgan fingerprint density at radius 1 is 1.00 bits per heavy atom. The minimum atomic E-state index is -0.381. The number of amides is 2. The Labute approximate surface area is 169 Å². The Balaban J connectivity index is 1.38. The van der Waals surface area contributed by atoms with Crippen molar-refractivity contribution in [1.29, 1.82) is 0 Å². The van der Waals surface area contributed by atoms with Gasteiger partial charge in [-0.2, -0.15) is 5.10 Å². The van der Waals surface area contributed by atoms with Crippen molar-refractivity contribution >= 4 is 11.8 Å². The van der Waals surface area contributed by atoms with E-state index in [1.165, 1.54) is 16.9 Å². The van der Waals surface area contributed by atoms with Gasteiger partial charge in [-0.05, 0) is 31.9 Å². The van der Waals surface area contributed by atoms with E-state index < -0.39 is 0 Å². The molecule has 0 aliphatic carbocycles. The predicted molar refractivity (Wildman–Crippen MR) is 106 cm³/mol. The molecule has 8 heteroatoms. The van der Waals surface area contributed by atoms with Crippen molar-refractivity contribution < 1.29 is 14.0 Å². The normalized spacial score (nSPS) is 17.7. The lowest BCUT2D eigenvalue weighted by atomic mass is 10.2. The van der Waals surface area contributed by atoms with Crippen LogP contribution in [0.3, 0.4) is 0 Å². The molecule has 7 nitrogen and oxygen atoms in total. The lowest BCUT2D eigenvalue weighted by molar-refractivity contribution is -0.131. The minimum Gasteiger partial charge on any atom is -0.342 e. The number of piperazine rings is 1. The molecule has 0 atom stereocenters. The van der Waals surface area contributed by atoms with Crippen molar-refractivity contribution in [2.45, 2.75) is 19.8 Å². The fraction of sp³-hybridized carbons (Fsp3) is 0.476. The molecule has 0 N–H and O–H groups in total. The van der Waals surface area contributed by atoms with Crippen LogP contribution in [0.5, 0.6) is 0 Å². The van der Waals surface area contributed by atoms with Gasteiger partial charge < -0.3 is 9.80 Å². The van der Waals surface area contributed by atoms with Gasteiger partial charge in [-0.15, -0.1) is 0 Å². The Hall–Kier alpha value is -2.74. The molecule has 2 aromatic rings. The second-order valence-corrected chi connectivity index (χ2v) is 7.66. The molecule has 2 saturated heterocycles. The zero-order valence-electron chi connectivity index (χ0n) is 16.7. The van der Waals surface area contributed by atoms with Crippen molar-refractivity contribution in [3.63, 3.8) is 0 Å². The van der Waals surface area contributed by atoms with Gasteiger partial charge in [0.05, 0.1) is 24.0 Å². The summed E-state index contributed by atoms with van der Waals surface area (Å²) < 4.78 is 15.6. The smallest absolute Gasteiger partial charge is 0.257 e. The molecule has 0 spiro atoms. The summed E-state index contributed by atoms with van der Waals surface area (Å²) in [6.45, 7) is 6.40. The van der Waals surface area contributed by atoms with Gasteiger partial charge in [0, 0.05) is 39.3 Å². The molecule has 0 unspecified atom stereocenters. The van der Waals surface area contributed by atoms with Crippen LogP contribution in [0.2, 0.25) is 0 Å². The molecule has 0 saturated carbocycles. The number of hydrogen-bond donors (Lipinski definition) is 0. The van der Waals surface area contributed by atoms with Gasteiger partial charge in [-0.1, -0.05) is 12.1 Å². The average Bonchev–Trinajstić information content (AvgIpc) is 3.39. The fourth-order valence-electron chi connectivity index (χ4n) is 4.02. The van der Waals surface area contributed by atoms with Crippen LogP contribution >= 0.6 is 0 Å². The highest BCUT2D eigenvalue weighted by atomic mass is 19.1. The maximum Gasteiger partial charge on any atom is 0.257 e. The van der Waals surface area contributed by atoms with E-state index >= 15 is 0 Å². The second kappa shape index (κ2) is 8.32. The van der Waals surface area contributed by atoms with Gasteiger partial charge in [0.25, 0.3) is 5.91 Å². The van der Waals surface area contributed by atoms with Crippen LogP contribution in [-0.4, -0.2) is 82.1 Å². The van der Waals surface area contributed by atoms with E-state index in [0.717, 1.165) is 25.9 Å². The van der Waals surface area contributed by atoms with Crippen LogP contribution < -0.4 is 0 Å². The SMILES string of the molecule is Cc1c(C(=O)N2CCN(CC(=O)N3CCCC3)CC2)cnn1-c1ccccc1F. The Morgan fingerprint density at radius 3 is 2.38 bits per heavy atom. The highest BCUT2D eigenvalue weighted by Crippen LogP contribution is 2.19. The zero-order chi connectivity index (χ0) is 20.4. The van der Waals surface area contributed by atoms with E-state index in [0.29, 0.717) is 49.7 Å². The van der Waals surface area contributed by atoms with E-state index in [-0.39, 0.29) is 17.6 Å². The van der Waals surface area contributed by atoms with Crippen LogP contribution in [0.25, 0.3) is 5.69 Å². The molecule has 2 aliphatic rings. The summed E-state index contributed by atoms with van der Waals surface area (Å²) in [5.74, 6) is -0.297. The number of benzene rings is 1. The number of carbonyl (C=O) groups excluding carboxylic acids is 2. The van der Waals surface area contributed by atoms with E-state index in [1.807, 2.05) is 4.90 Å². The summed E-state index contributed by atoms with van der Waals surface area (Å²) in [5.41, 5.74) is 1.43. The highest BCUT2D eigenvalue weighted by Gasteiger charge is 2.27. The van der Waals surface area contributed by atoms with Crippen LogP contribution in [0.4, 0.5) is 4.39 Å². The molecule has 29 heavy (non-hydrogen) atoms. The van der Waals surface area contributed by atoms with E-state index in [1.54, 1.807) is 30.0 Å². The summed E-state index contributed by atoms with van der Waals surface area (Å²) in [6.07, 6.45) is 3.69. The molecule has 3 heterocycles. The summed E-state index contributed by atoms with van der Waals surface area (Å²) in [4.78, 5) is 31.1. The predicted octanol–water partition coefficient (Wildman–Crippen LogP) is 1.70. The monoisotopic (exact) mass is 399 g/mol. The summed E-state index contributed by atoms with van der Waals surface area (Å²) in [5, 5.41) is 4.23. The molecule has 154 valence electrons. The number of hydrogen-bond acceptors (Lipinski definition) is 4. The first-order valence-corrected chi connectivity index (χ1v) is 10.1. The number of halogens is 1. The third-order valence-electron chi connectivity index (χ3n) is 5.80. The zero-order valence-corrected chi connectivity index (χ0v) is 16.7. The van der Waals surface area contributed by atoms with Crippen LogP contribution in [0, 0.1) is 12.7 Å². The van der Waals surface area contributed by atoms with Crippen LogP contribution in [0.1, 0.15) is 28.9 Å². The van der Waals surface area contributed by atoms with E-state index in [4.69, 9.17) is 0 Å². The lowest BCUT2D eigenvalue weighted by Gasteiger charge is -2.35. The first-order chi connectivity index (χ1) is 14.0. The quantitative estimate of drug-likeness (QED) is 0.785. The first-order valence-electron chi connectivity index (χ1n) is 10.1. The molecule has 0 radical (unpaired) electrons. The minimum absolute atomic E-state index is 0.101. The van der Waals surface area contributed by atoms with Gasteiger partial charge in [0.15, 0.2) is 0 Å². The molecule has 1 aromatic carbocycles. The Kier molecular flexibility index (Phi) is 5.62. The molecule has 2 amide bonds. The van der Waals surface area contributed by atoms with Crippen molar-refractivity contribution in [3.05, 3.63) is 47.5 Å². The maximum absolute atomic E-state index is 14.1. The highest BCUT2D eigenvalue weighted by molar-refractivity contribution is 5.95. The third-order valence-corrected chi connectivity index (χ3v) is 5.80. The molecule has 2 fully saturated rings. The van der Waals surface area contributed by atoms with E-state index in [2.05, 4.69) is 10.00 Å². The molecular formula is C21H26FN5O2. The largest absolute Gasteiger partial charge is 0.342 e. The number of rotatable bonds is 4. The van der Waals surface area contributed by atoms with Gasteiger partial charge in [-0.25, -0.2) is 9.07 Å². The molecule has 4 rings (SSSR count). The van der Waals surface area contributed by atoms with Gasteiger partial charge in [0.2, 0.25) is 5.91 Å². The molecule has 1 aromatic heterocycles. The summed E-state index contributed by atoms with van der Waals surface area (Å²) in [6, 6.07) is 6.38. The third kappa shape index (κ3) is 4.03. The fourth-order valence-corrected chi connectivity index (χ4v) is 4.02. The topological polar surface area (TPSA) is 61.7 Å². The molecular weight excluding hydrogens is 373 g/mol. The van der Waals surface area contributed by atoms with Crippen LogP contribution in [-0.2, 0) is 4.79 Å². The van der Waals surface area contributed by atoms with Crippen molar-refractivity contribution in [2.24, 2.45) is 0 Å².